The van der Waals surface area contributed by atoms with E-state index in [-0.39, 0.29) is 5.52 Å². The van der Waals surface area contributed by atoms with Crippen LogP contribution in [0.4, 0.5) is 4.39 Å². The minimum atomic E-state index is -0.499. The van der Waals surface area contributed by atoms with E-state index >= 15 is 0 Å². The van der Waals surface area contributed by atoms with E-state index in [9.17, 15) is 4.39 Å². The van der Waals surface area contributed by atoms with E-state index in [2.05, 4.69) is 15.2 Å². The van der Waals surface area contributed by atoms with E-state index in [1.54, 1.807) is 17.6 Å². The van der Waals surface area contributed by atoms with Crippen LogP contribution in [0.3, 0.4) is 0 Å². The number of fused-ring (bicyclic) bond motifs is 3. The number of imidazole rings is 1. The fourth-order valence-electron chi connectivity index (χ4n) is 2.92. The highest BCUT2D eigenvalue weighted by molar-refractivity contribution is 5.83. The van der Waals surface area contributed by atoms with E-state index in [4.69, 9.17) is 9.47 Å². The van der Waals surface area contributed by atoms with Gasteiger partial charge in [-0.15, -0.1) is 10.2 Å². The summed E-state index contributed by atoms with van der Waals surface area (Å²) >= 11 is 0. The van der Waals surface area contributed by atoms with Crippen molar-refractivity contribution >= 4 is 16.7 Å². The molecule has 4 aromatic rings. The molecule has 0 saturated heterocycles. The highest BCUT2D eigenvalue weighted by Gasteiger charge is 2.19. The van der Waals surface area contributed by atoms with Crippen LogP contribution < -0.4 is 9.47 Å². The number of benzene rings is 2. The van der Waals surface area contributed by atoms with Crippen molar-refractivity contribution in [2.45, 2.75) is 6.92 Å². The van der Waals surface area contributed by atoms with Crippen LogP contribution in [0.25, 0.3) is 28.1 Å². The van der Waals surface area contributed by atoms with Crippen LogP contribution >= 0.6 is 0 Å². The molecule has 0 spiro atoms. The first-order valence-electron chi connectivity index (χ1n) is 7.66. The second kappa shape index (κ2) is 5.70. The SMILES string of the molecule is COc1cc(F)c2nnc3c(C)nc(-c4ccccc4OC)n3c2c1. The first-order chi connectivity index (χ1) is 12.1. The second-order valence-electron chi connectivity index (χ2n) is 5.56. The second-order valence-corrected chi connectivity index (χ2v) is 5.56. The summed E-state index contributed by atoms with van der Waals surface area (Å²) in [5, 5.41) is 8.18. The van der Waals surface area contributed by atoms with Gasteiger partial charge < -0.3 is 9.47 Å². The Morgan fingerprint density at radius 2 is 1.84 bits per heavy atom. The molecule has 0 amide bonds. The molecule has 2 heterocycles. The molecule has 4 rings (SSSR count). The molecule has 7 heteroatoms. The fourth-order valence-corrected chi connectivity index (χ4v) is 2.92. The number of ether oxygens (including phenoxy) is 2. The van der Waals surface area contributed by atoms with Crippen molar-refractivity contribution in [1.82, 2.24) is 19.6 Å². The van der Waals surface area contributed by atoms with Crippen LogP contribution in [0.15, 0.2) is 36.4 Å². The molecule has 0 saturated carbocycles. The van der Waals surface area contributed by atoms with Gasteiger partial charge in [0.1, 0.15) is 22.8 Å². The van der Waals surface area contributed by atoms with E-state index in [0.29, 0.717) is 34.2 Å². The fraction of sp³-hybridized carbons (Fsp3) is 0.167. The molecule has 0 aliphatic rings. The highest BCUT2D eigenvalue weighted by atomic mass is 19.1. The third-order valence-corrected chi connectivity index (χ3v) is 4.11. The number of para-hydroxylation sites is 1. The number of methoxy groups -OCH3 is 2. The molecule has 0 aliphatic carbocycles. The lowest BCUT2D eigenvalue weighted by Crippen LogP contribution is -2.00. The Bertz CT molecular complexity index is 1110. The van der Waals surface area contributed by atoms with Crippen molar-refractivity contribution in [1.29, 1.82) is 0 Å². The van der Waals surface area contributed by atoms with Gasteiger partial charge in [-0.2, -0.15) is 0 Å². The largest absolute Gasteiger partial charge is 0.497 e. The molecule has 25 heavy (non-hydrogen) atoms. The van der Waals surface area contributed by atoms with Gasteiger partial charge in [0.2, 0.25) is 0 Å². The van der Waals surface area contributed by atoms with Crippen LogP contribution in [0, 0.1) is 12.7 Å². The zero-order valence-corrected chi connectivity index (χ0v) is 13.9. The Morgan fingerprint density at radius 1 is 1.04 bits per heavy atom. The van der Waals surface area contributed by atoms with Gasteiger partial charge in [0.05, 0.1) is 31.0 Å². The van der Waals surface area contributed by atoms with Crippen molar-refractivity contribution < 1.29 is 13.9 Å². The summed E-state index contributed by atoms with van der Waals surface area (Å²) in [6.07, 6.45) is 0. The molecular formula is C18H15FN4O2. The summed E-state index contributed by atoms with van der Waals surface area (Å²) in [6, 6.07) is 10.5. The van der Waals surface area contributed by atoms with Crippen LogP contribution in [0.1, 0.15) is 5.69 Å². The minimum Gasteiger partial charge on any atom is -0.497 e. The van der Waals surface area contributed by atoms with Gasteiger partial charge in [-0.3, -0.25) is 4.40 Å². The first-order valence-corrected chi connectivity index (χ1v) is 7.66. The van der Waals surface area contributed by atoms with Crippen LogP contribution in [0.2, 0.25) is 0 Å². The Labute approximate surface area is 142 Å². The van der Waals surface area contributed by atoms with E-state index in [1.165, 1.54) is 13.2 Å². The molecule has 0 atom stereocenters. The zero-order valence-electron chi connectivity index (χ0n) is 13.9. The van der Waals surface area contributed by atoms with E-state index in [1.807, 2.05) is 31.2 Å². The van der Waals surface area contributed by atoms with Gasteiger partial charge in [0, 0.05) is 12.1 Å². The zero-order chi connectivity index (χ0) is 17.6. The molecule has 0 bridgehead atoms. The van der Waals surface area contributed by atoms with Gasteiger partial charge in [-0.25, -0.2) is 9.37 Å². The molecule has 0 fully saturated rings. The van der Waals surface area contributed by atoms with Gasteiger partial charge in [-0.1, -0.05) is 12.1 Å². The van der Waals surface area contributed by atoms with Crippen molar-refractivity contribution in [3.63, 3.8) is 0 Å². The summed E-state index contributed by atoms with van der Waals surface area (Å²) in [5.41, 5.74) is 2.72. The molecule has 0 radical (unpaired) electrons. The third-order valence-electron chi connectivity index (χ3n) is 4.11. The Balaban J connectivity index is 2.17. The Morgan fingerprint density at radius 3 is 2.60 bits per heavy atom. The van der Waals surface area contributed by atoms with Gasteiger partial charge in [0.25, 0.3) is 0 Å². The normalized spacial score (nSPS) is 11.2. The van der Waals surface area contributed by atoms with E-state index < -0.39 is 5.82 Å². The highest BCUT2D eigenvalue weighted by Crippen LogP contribution is 2.33. The average molecular weight is 338 g/mol. The number of aromatic nitrogens is 4. The number of aryl methyl sites for hydroxylation is 1. The molecule has 0 unspecified atom stereocenters. The topological polar surface area (TPSA) is 61.5 Å². The Hall–Kier alpha value is -3.22. The van der Waals surface area contributed by atoms with E-state index in [0.717, 1.165) is 5.56 Å². The number of hydrogen-bond acceptors (Lipinski definition) is 5. The average Bonchev–Trinajstić information content (AvgIpc) is 2.98. The Kier molecular flexibility index (Phi) is 3.49. The summed E-state index contributed by atoms with van der Waals surface area (Å²) in [4.78, 5) is 4.62. The standard InChI is InChI=1S/C18H15FN4O2/c1-10-17-22-21-16-13(19)8-11(24-2)9-14(16)23(17)18(20-10)12-6-4-5-7-15(12)25-3/h4-9H,1-3H3. The number of rotatable bonds is 3. The minimum absolute atomic E-state index is 0.154. The summed E-state index contributed by atoms with van der Waals surface area (Å²) in [7, 11) is 3.09. The van der Waals surface area contributed by atoms with Crippen LogP contribution in [0.5, 0.6) is 11.5 Å². The van der Waals surface area contributed by atoms with Gasteiger partial charge in [-0.05, 0) is 19.1 Å². The first kappa shape index (κ1) is 15.3. The smallest absolute Gasteiger partial charge is 0.183 e. The molecule has 126 valence electrons. The van der Waals surface area contributed by atoms with Crippen molar-refractivity contribution in [2.24, 2.45) is 0 Å². The molecule has 2 aromatic carbocycles. The summed E-state index contributed by atoms with van der Waals surface area (Å²) in [6.45, 7) is 1.84. The maximum Gasteiger partial charge on any atom is 0.183 e. The van der Waals surface area contributed by atoms with Crippen LogP contribution in [-0.4, -0.2) is 33.8 Å². The number of halogens is 1. The maximum atomic E-state index is 14.4. The lowest BCUT2D eigenvalue weighted by molar-refractivity contribution is 0.412. The quantitative estimate of drug-likeness (QED) is 0.573. The van der Waals surface area contributed by atoms with Gasteiger partial charge >= 0.3 is 0 Å². The summed E-state index contributed by atoms with van der Waals surface area (Å²) in [5.74, 6) is 1.18. The van der Waals surface area contributed by atoms with Crippen LogP contribution in [-0.2, 0) is 0 Å². The molecule has 2 aromatic heterocycles. The monoisotopic (exact) mass is 338 g/mol. The maximum absolute atomic E-state index is 14.4. The molecule has 6 nitrogen and oxygen atoms in total. The molecule has 0 aliphatic heterocycles. The lowest BCUT2D eigenvalue weighted by atomic mass is 10.2. The third kappa shape index (κ3) is 2.27. The predicted molar refractivity (Wildman–Crippen MR) is 91.5 cm³/mol. The molecule has 0 N–H and O–H groups in total. The summed E-state index contributed by atoms with van der Waals surface area (Å²) < 4.78 is 26.8. The lowest BCUT2D eigenvalue weighted by Gasteiger charge is -2.10. The van der Waals surface area contributed by atoms with Crippen molar-refractivity contribution in [3.05, 3.63) is 47.9 Å². The number of nitrogens with zero attached hydrogens (tertiary/aromatic N) is 4. The van der Waals surface area contributed by atoms with Crippen molar-refractivity contribution in [3.8, 4) is 22.9 Å². The van der Waals surface area contributed by atoms with Crippen molar-refractivity contribution in [2.75, 3.05) is 14.2 Å². The van der Waals surface area contributed by atoms with Gasteiger partial charge in [0.15, 0.2) is 11.5 Å². The molecular weight excluding hydrogens is 323 g/mol. The predicted octanol–water partition coefficient (Wildman–Crippen LogP) is 3.41. The number of hydrogen-bond donors (Lipinski definition) is 0.